The van der Waals surface area contributed by atoms with Crippen LogP contribution in [0.25, 0.3) is 11.0 Å². The molecule has 2 aromatic heterocycles. The highest BCUT2D eigenvalue weighted by molar-refractivity contribution is 6.28. The first-order chi connectivity index (χ1) is 21.2. The summed E-state index contributed by atoms with van der Waals surface area (Å²) in [5.41, 5.74) is 1.87. The van der Waals surface area contributed by atoms with Crippen LogP contribution < -0.4 is 9.64 Å². The van der Waals surface area contributed by atoms with Gasteiger partial charge >= 0.3 is 0 Å². The Balaban J connectivity index is 1.17. The molecule has 3 heterocycles. The number of nitrogens with zero attached hydrogens (tertiary/aromatic N) is 7. The van der Waals surface area contributed by atoms with Crippen LogP contribution in [0.5, 0.6) is 5.75 Å². The number of hydrogen-bond acceptors (Lipinski definition) is 8. The molecule has 1 saturated heterocycles. The third-order valence-corrected chi connectivity index (χ3v) is 9.24. The molecule has 2 fully saturated rings. The van der Waals surface area contributed by atoms with Crippen molar-refractivity contribution in [3.8, 4) is 5.75 Å². The molecule has 0 spiro atoms. The normalized spacial score (nSPS) is 19.6. The smallest absolute Gasteiger partial charge is 0.226 e. The fraction of sp³-hybridized carbons (Fsp3) is 0.636. The SMILES string of the molecule is CCOc1cccc(Cn2ncc3c(N4CCN(C(=O)C5CCC(CN(CCOC)C(C)(C)C)CC5)CC4)nc(Cl)nc32)c1. The number of halogens is 1. The number of aromatic nitrogens is 4. The molecule has 10 nitrogen and oxygen atoms in total. The molecule has 1 amide bonds. The first-order valence-electron chi connectivity index (χ1n) is 16.0. The number of anilines is 1. The zero-order valence-corrected chi connectivity index (χ0v) is 27.7. The van der Waals surface area contributed by atoms with Gasteiger partial charge in [0.2, 0.25) is 11.2 Å². The van der Waals surface area contributed by atoms with Gasteiger partial charge in [-0.15, -0.1) is 0 Å². The summed E-state index contributed by atoms with van der Waals surface area (Å²) in [6.07, 6.45) is 5.97. The number of carbonyl (C=O) groups excluding carboxylic acids is 1. The Morgan fingerprint density at radius 1 is 1.09 bits per heavy atom. The van der Waals surface area contributed by atoms with Crippen LogP contribution >= 0.6 is 11.6 Å². The summed E-state index contributed by atoms with van der Waals surface area (Å²) in [5, 5.41) is 5.69. The summed E-state index contributed by atoms with van der Waals surface area (Å²) in [4.78, 5) is 29.5. The first kappa shape index (κ1) is 32.4. The Kier molecular flexibility index (Phi) is 10.6. The minimum atomic E-state index is 0.110. The average molecular weight is 626 g/mol. The fourth-order valence-corrected chi connectivity index (χ4v) is 6.71. The number of amides is 1. The maximum Gasteiger partial charge on any atom is 0.226 e. The molecule has 0 unspecified atom stereocenters. The van der Waals surface area contributed by atoms with Crippen LogP contribution in [0.4, 0.5) is 5.82 Å². The first-order valence-corrected chi connectivity index (χ1v) is 16.4. The van der Waals surface area contributed by atoms with Gasteiger partial charge in [-0.3, -0.25) is 9.69 Å². The summed E-state index contributed by atoms with van der Waals surface area (Å²) in [5.74, 6) is 2.67. The van der Waals surface area contributed by atoms with Crippen LogP contribution in [0.15, 0.2) is 30.5 Å². The summed E-state index contributed by atoms with van der Waals surface area (Å²) < 4.78 is 12.9. The molecule has 44 heavy (non-hydrogen) atoms. The zero-order chi connectivity index (χ0) is 31.3. The number of rotatable bonds is 11. The molecule has 0 atom stereocenters. The Hall–Kier alpha value is -2.95. The van der Waals surface area contributed by atoms with E-state index in [4.69, 9.17) is 21.1 Å². The average Bonchev–Trinajstić information content (AvgIpc) is 3.40. The number of benzene rings is 1. The lowest BCUT2D eigenvalue weighted by Gasteiger charge is -2.41. The van der Waals surface area contributed by atoms with Crippen molar-refractivity contribution in [2.24, 2.45) is 11.8 Å². The predicted octanol–water partition coefficient (Wildman–Crippen LogP) is 5.13. The van der Waals surface area contributed by atoms with E-state index in [9.17, 15) is 4.79 Å². The van der Waals surface area contributed by atoms with Crippen molar-refractivity contribution in [1.82, 2.24) is 29.5 Å². The summed E-state index contributed by atoms with van der Waals surface area (Å²) in [6.45, 7) is 15.5. The van der Waals surface area contributed by atoms with E-state index in [0.717, 1.165) is 67.9 Å². The Morgan fingerprint density at radius 3 is 2.52 bits per heavy atom. The monoisotopic (exact) mass is 625 g/mol. The largest absolute Gasteiger partial charge is 0.494 e. The molecular formula is C33H48ClN7O3. The second kappa shape index (κ2) is 14.4. The fourth-order valence-electron chi connectivity index (χ4n) is 6.55. The van der Waals surface area contributed by atoms with Crippen LogP contribution in [0.1, 0.15) is 58.9 Å². The summed E-state index contributed by atoms with van der Waals surface area (Å²) in [6, 6.07) is 8.00. The highest BCUT2D eigenvalue weighted by Crippen LogP contribution is 2.33. The number of ether oxygens (including phenoxy) is 2. The zero-order valence-electron chi connectivity index (χ0n) is 27.0. The molecule has 1 aliphatic heterocycles. The third-order valence-electron chi connectivity index (χ3n) is 9.07. The van der Waals surface area contributed by atoms with Gasteiger partial charge in [-0.2, -0.15) is 15.1 Å². The topological polar surface area (TPSA) is 88.9 Å². The van der Waals surface area contributed by atoms with Gasteiger partial charge in [0.05, 0.1) is 31.3 Å². The lowest BCUT2D eigenvalue weighted by molar-refractivity contribution is -0.137. The molecule has 1 aromatic carbocycles. The molecular weight excluding hydrogens is 578 g/mol. The second-order valence-electron chi connectivity index (χ2n) is 13.1. The highest BCUT2D eigenvalue weighted by atomic mass is 35.5. The lowest BCUT2D eigenvalue weighted by Crippen LogP contribution is -2.51. The Morgan fingerprint density at radius 2 is 1.84 bits per heavy atom. The van der Waals surface area contributed by atoms with Crippen molar-refractivity contribution >= 4 is 34.4 Å². The number of fused-ring (bicyclic) bond motifs is 1. The number of piperazine rings is 1. The van der Waals surface area contributed by atoms with Crippen LogP contribution in [0.3, 0.4) is 0 Å². The van der Waals surface area contributed by atoms with Crippen LogP contribution in [0, 0.1) is 11.8 Å². The van der Waals surface area contributed by atoms with Crippen LogP contribution in [0.2, 0.25) is 5.28 Å². The van der Waals surface area contributed by atoms with Crippen molar-refractivity contribution in [1.29, 1.82) is 0 Å². The van der Waals surface area contributed by atoms with Gasteiger partial charge in [0.25, 0.3) is 0 Å². The number of methoxy groups -OCH3 is 1. The van der Waals surface area contributed by atoms with E-state index in [2.05, 4.69) is 50.5 Å². The van der Waals surface area contributed by atoms with Crippen molar-refractivity contribution < 1.29 is 14.3 Å². The van der Waals surface area contributed by atoms with E-state index in [0.29, 0.717) is 56.8 Å². The number of carbonyl (C=O) groups is 1. The Bertz CT molecular complexity index is 1390. The molecule has 0 radical (unpaired) electrons. The molecule has 0 N–H and O–H groups in total. The van der Waals surface area contributed by atoms with Gasteiger partial charge in [0.1, 0.15) is 11.6 Å². The maximum absolute atomic E-state index is 13.5. The molecule has 1 saturated carbocycles. The summed E-state index contributed by atoms with van der Waals surface area (Å²) in [7, 11) is 1.76. The van der Waals surface area contributed by atoms with E-state index in [1.807, 2.05) is 42.1 Å². The van der Waals surface area contributed by atoms with E-state index in [1.165, 1.54) is 0 Å². The molecule has 5 rings (SSSR count). The van der Waals surface area contributed by atoms with Crippen LogP contribution in [-0.2, 0) is 16.1 Å². The van der Waals surface area contributed by atoms with Crippen molar-refractivity contribution in [3.63, 3.8) is 0 Å². The van der Waals surface area contributed by atoms with Gasteiger partial charge in [-0.1, -0.05) is 12.1 Å². The Labute approximate surface area is 266 Å². The van der Waals surface area contributed by atoms with Gasteiger partial charge < -0.3 is 19.3 Å². The summed E-state index contributed by atoms with van der Waals surface area (Å²) >= 11 is 6.43. The maximum atomic E-state index is 13.5. The van der Waals surface area contributed by atoms with Gasteiger partial charge in [-0.25, -0.2) is 4.68 Å². The van der Waals surface area contributed by atoms with E-state index in [1.54, 1.807) is 7.11 Å². The molecule has 1 aliphatic carbocycles. The minimum Gasteiger partial charge on any atom is -0.494 e. The molecule has 0 bridgehead atoms. The molecule has 3 aromatic rings. The van der Waals surface area contributed by atoms with Crippen molar-refractivity contribution in [3.05, 3.63) is 41.3 Å². The highest BCUT2D eigenvalue weighted by Gasteiger charge is 2.33. The predicted molar refractivity (Wildman–Crippen MR) is 174 cm³/mol. The molecule has 240 valence electrons. The van der Waals surface area contributed by atoms with E-state index < -0.39 is 0 Å². The third kappa shape index (κ3) is 7.82. The van der Waals surface area contributed by atoms with Crippen molar-refractivity contribution in [2.45, 2.75) is 65.5 Å². The van der Waals surface area contributed by atoms with Gasteiger partial charge in [0, 0.05) is 57.8 Å². The number of hydrogen-bond donors (Lipinski definition) is 0. The van der Waals surface area contributed by atoms with Gasteiger partial charge in [0.15, 0.2) is 5.65 Å². The van der Waals surface area contributed by atoms with E-state index in [-0.39, 0.29) is 16.7 Å². The van der Waals surface area contributed by atoms with Gasteiger partial charge in [-0.05, 0) is 88.6 Å². The lowest BCUT2D eigenvalue weighted by atomic mass is 9.80. The quantitative estimate of drug-likeness (QED) is 0.271. The molecule has 11 heteroatoms. The molecule has 2 aliphatic rings. The van der Waals surface area contributed by atoms with E-state index >= 15 is 0 Å². The standard InChI is InChI=1S/C33H48ClN7O3/c1-6-44-27-9-7-8-25(20-27)23-41-30-28(21-35-41)29(36-32(34)37-30)38-14-16-39(17-15-38)31(42)26-12-10-24(11-13-26)22-40(18-19-43-5)33(2,3)4/h7-9,20-21,24,26H,6,10-19,22-23H2,1-5H3. The van der Waals surface area contributed by atoms with Crippen molar-refractivity contribution in [2.75, 3.05) is 64.5 Å². The minimum absolute atomic E-state index is 0.110. The second-order valence-corrected chi connectivity index (χ2v) is 13.4. The van der Waals surface area contributed by atoms with Crippen LogP contribution in [-0.4, -0.2) is 101 Å².